The van der Waals surface area contributed by atoms with Crippen LogP contribution >= 0.6 is 0 Å². The van der Waals surface area contributed by atoms with Gasteiger partial charge in [0.2, 0.25) is 0 Å². The number of ether oxygens (including phenoxy) is 1. The Morgan fingerprint density at radius 3 is 2.39 bits per heavy atom. The zero-order valence-electron chi connectivity index (χ0n) is 10.4. The van der Waals surface area contributed by atoms with Gasteiger partial charge in [0.15, 0.2) is 0 Å². The van der Waals surface area contributed by atoms with Crippen molar-refractivity contribution in [1.29, 1.82) is 0 Å². The van der Waals surface area contributed by atoms with Crippen LogP contribution in [-0.2, 0) is 9.53 Å². The van der Waals surface area contributed by atoms with Crippen LogP contribution in [0.1, 0.15) is 13.8 Å². The molecule has 0 aliphatic heterocycles. The van der Waals surface area contributed by atoms with Crippen LogP contribution < -0.4 is 0 Å². The van der Waals surface area contributed by atoms with Crippen LogP contribution in [0.5, 0.6) is 0 Å². The van der Waals surface area contributed by atoms with E-state index in [1.54, 1.807) is 6.08 Å². The Hall–Kier alpha value is -2.41. The van der Waals surface area contributed by atoms with Gasteiger partial charge in [-0.15, -0.1) is 0 Å². The Kier molecular flexibility index (Phi) is 9.60. The second-order valence-electron chi connectivity index (χ2n) is 3.02. The highest BCUT2D eigenvalue weighted by Crippen LogP contribution is 1.88. The van der Waals surface area contributed by atoms with E-state index in [0.29, 0.717) is 0 Å². The molecule has 0 aromatic heterocycles. The van der Waals surface area contributed by atoms with Crippen LogP contribution in [0.2, 0.25) is 0 Å². The van der Waals surface area contributed by atoms with Crippen LogP contribution in [0.25, 0.3) is 0 Å². The van der Waals surface area contributed by atoms with E-state index in [2.05, 4.69) is 40.3 Å². The average Bonchev–Trinajstić information content (AvgIpc) is 2.34. The molecule has 0 heterocycles. The third-order valence-corrected chi connectivity index (χ3v) is 1.44. The SMILES string of the molecule is CC=CC#CC#CC#CC=CC(O)COC(C)=O. The van der Waals surface area contributed by atoms with Gasteiger partial charge in [0.25, 0.3) is 0 Å². The van der Waals surface area contributed by atoms with Crippen LogP contribution in [0.3, 0.4) is 0 Å². The fourth-order valence-corrected chi connectivity index (χ4v) is 0.719. The largest absolute Gasteiger partial charge is 0.463 e. The molecule has 0 spiro atoms. The second kappa shape index (κ2) is 11.1. The topological polar surface area (TPSA) is 46.5 Å². The van der Waals surface area contributed by atoms with Gasteiger partial charge in [-0.05, 0) is 48.8 Å². The van der Waals surface area contributed by atoms with E-state index < -0.39 is 12.1 Å². The maximum atomic E-state index is 10.5. The molecule has 0 amide bonds. The van der Waals surface area contributed by atoms with Crippen molar-refractivity contribution < 1.29 is 14.6 Å². The number of aliphatic hydroxyl groups excluding tert-OH is 1. The number of carbonyl (C=O) groups is 1. The fraction of sp³-hybridized carbons (Fsp3) is 0.267. The Morgan fingerprint density at radius 1 is 1.22 bits per heavy atom. The number of carbonyl (C=O) groups excluding carboxylic acids is 1. The number of esters is 1. The molecule has 18 heavy (non-hydrogen) atoms. The molecule has 3 heteroatoms. The number of rotatable bonds is 3. The minimum absolute atomic E-state index is 0.0754. The predicted molar refractivity (Wildman–Crippen MR) is 69.9 cm³/mol. The van der Waals surface area contributed by atoms with Crippen LogP contribution in [0.4, 0.5) is 0 Å². The van der Waals surface area contributed by atoms with E-state index in [4.69, 9.17) is 0 Å². The number of aliphatic hydroxyl groups is 1. The van der Waals surface area contributed by atoms with E-state index in [9.17, 15) is 9.90 Å². The standard InChI is InChI=1S/C15H14O3/c1-3-4-5-6-7-8-9-10-11-12-15(17)13-18-14(2)16/h3-4,11-12,15,17H,13H2,1-2H3. The molecule has 0 saturated heterocycles. The number of hydrogen-bond donors (Lipinski definition) is 1. The third-order valence-electron chi connectivity index (χ3n) is 1.44. The summed E-state index contributed by atoms with van der Waals surface area (Å²) in [6.45, 7) is 3.07. The summed E-state index contributed by atoms with van der Waals surface area (Å²) in [6, 6.07) is 0. The minimum Gasteiger partial charge on any atom is -0.463 e. The summed E-state index contributed by atoms with van der Waals surface area (Å²) in [6.07, 6.45) is 5.51. The van der Waals surface area contributed by atoms with Crippen molar-refractivity contribution in [3.63, 3.8) is 0 Å². The Labute approximate surface area is 108 Å². The zero-order valence-corrected chi connectivity index (χ0v) is 10.4. The van der Waals surface area contributed by atoms with Gasteiger partial charge in [-0.2, -0.15) is 0 Å². The van der Waals surface area contributed by atoms with Crippen molar-refractivity contribution in [2.75, 3.05) is 6.61 Å². The summed E-state index contributed by atoms with van der Waals surface area (Å²) in [5, 5.41) is 9.30. The molecular formula is C15H14O3. The average molecular weight is 242 g/mol. The molecule has 1 N–H and O–H groups in total. The van der Waals surface area contributed by atoms with Crippen molar-refractivity contribution in [3.8, 4) is 35.5 Å². The first kappa shape index (κ1) is 15.6. The molecule has 3 nitrogen and oxygen atoms in total. The molecule has 0 saturated carbocycles. The van der Waals surface area contributed by atoms with E-state index in [0.717, 1.165) is 0 Å². The van der Waals surface area contributed by atoms with Gasteiger partial charge in [0.1, 0.15) is 12.7 Å². The Bertz CT molecular complexity index is 493. The van der Waals surface area contributed by atoms with E-state index in [-0.39, 0.29) is 6.61 Å². The molecule has 1 unspecified atom stereocenters. The van der Waals surface area contributed by atoms with E-state index >= 15 is 0 Å². The van der Waals surface area contributed by atoms with Gasteiger partial charge in [0.05, 0.1) is 0 Å². The lowest BCUT2D eigenvalue weighted by Gasteiger charge is -2.03. The van der Waals surface area contributed by atoms with Crippen molar-refractivity contribution in [2.45, 2.75) is 20.0 Å². The lowest BCUT2D eigenvalue weighted by atomic mass is 10.3. The van der Waals surface area contributed by atoms with Crippen LogP contribution in [0, 0.1) is 35.5 Å². The molecule has 0 rings (SSSR count). The molecule has 0 aromatic rings. The van der Waals surface area contributed by atoms with Crippen LogP contribution in [-0.4, -0.2) is 23.8 Å². The quantitative estimate of drug-likeness (QED) is 0.594. The first-order valence-electron chi connectivity index (χ1n) is 5.27. The molecule has 0 aliphatic rings. The Balaban J connectivity index is 4.03. The van der Waals surface area contributed by atoms with Crippen LogP contribution in [0.15, 0.2) is 24.3 Å². The van der Waals surface area contributed by atoms with Gasteiger partial charge in [-0.25, -0.2) is 0 Å². The van der Waals surface area contributed by atoms with E-state index in [1.807, 2.05) is 13.0 Å². The molecule has 0 radical (unpaired) electrons. The van der Waals surface area contributed by atoms with Crippen molar-refractivity contribution >= 4 is 5.97 Å². The van der Waals surface area contributed by atoms with E-state index in [1.165, 1.54) is 19.1 Å². The van der Waals surface area contributed by atoms with Crippen molar-refractivity contribution in [1.82, 2.24) is 0 Å². The lowest BCUT2D eigenvalue weighted by Crippen LogP contribution is -2.14. The molecule has 0 bridgehead atoms. The highest BCUT2D eigenvalue weighted by molar-refractivity contribution is 5.65. The van der Waals surface area contributed by atoms with Crippen molar-refractivity contribution in [3.05, 3.63) is 24.3 Å². The monoisotopic (exact) mass is 242 g/mol. The third kappa shape index (κ3) is 11.7. The summed E-state index contributed by atoms with van der Waals surface area (Å²) >= 11 is 0. The first-order valence-corrected chi connectivity index (χ1v) is 5.27. The summed E-state index contributed by atoms with van der Waals surface area (Å²) in [7, 11) is 0. The second-order valence-corrected chi connectivity index (χ2v) is 3.02. The molecular weight excluding hydrogens is 228 g/mol. The number of hydrogen-bond acceptors (Lipinski definition) is 3. The van der Waals surface area contributed by atoms with Gasteiger partial charge < -0.3 is 9.84 Å². The zero-order chi connectivity index (χ0) is 13.6. The minimum atomic E-state index is -0.856. The molecule has 0 fully saturated rings. The number of allylic oxidation sites excluding steroid dienone is 3. The maximum Gasteiger partial charge on any atom is 0.302 e. The highest BCUT2D eigenvalue weighted by Gasteiger charge is 1.99. The fourth-order valence-electron chi connectivity index (χ4n) is 0.719. The normalized spacial score (nSPS) is 10.6. The molecule has 0 aromatic carbocycles. The van der Waals surface area contributed by atoms with Gasteiger partial charge >= 0.3 is 5.97 Å². The van der Waals surface area contributed by atoms with Crippen molar-refractivity contribution in [2.24, 2.45) is 0 Å². The predicted octanol–water partition coefficient (Wildman–Crippen LogP) is 1.05. The summed E-state index contributed by atoms with van der Waals surface area (Å²) < 4.78 is 4.60. The summed E-state index contributed by atoms with van der Waals surface area (Å²) in [5.74, 6) is 15.1. The first-order chi connectivity index (χ1) is 8.66. The summed E-state index contributed by atoms with van der Waals surface area (Å²) in [4.78, 5) is 10.5. The van der Waals surface area contributed by atoms with Gasteiger partial charge in [-0.3, -0.25) is 4.79 Å². The van der Waals surface area contributed by atoms with Gasteiger partial charge in [0, 0.05) is 6.92 Å². The Morgan fingerprint density at radius 2 is 1.83 bits per heavy atom. The molecule has 0 aliphatic carbocycles. The smallest absolute Gasteiger partial charge is 0.302 e. The molecule has 92 valence electrons. The highest BCUT2D eigenvalue weighted by atomic mass is 16.5. The maximum absolute atomic E-state index is 10.5. The molecule has 1 atom stereocenters. The van der Waals surface area contributed by atoms with Gasteiger partial charge in [-0.1, -0.05) is 17.9 Å². The lowest BCUT2D eigenvalue weighted by molar-refractivity contribution is -0.143. The summed E-state index contributed by atoms with van der Waals surface area (Å²) in [5.41, 5.74) is 0.